The fraction of sp³-hybridized carbons (Fsp3) is 0.773. The molecule has 0 saturated carbocycles. The van der Waals surface area contributed by atoms with Crippen molar-refractivity contribution in [2.45, 2.75) is 192 Å². The maximum atomic E-state index is 12.6. The van der Waals surface area contributed by atoms with Gasteiger partial charge in [-0.15, -0.1) is 0 Å². The van der Waals surface area contributed by atoms with Gasteiger partial charge in [-0.2, -0.15) is 0 Å². The summed E-state index contributed by atoms with van der Waals surface area (Å²) in [4.78, 5) is 35.0. The molecule has 5 atom stereocenters. The molecule has 3 unspecified atom stereocenters. The Kier molecular flexibility index (Phi) is 33.4. The summed E-state index contributed by atoms with van der Waals surface area (Å²) < 4.78 is 38.4. The Bertz CT molecular complexity index is 1140. The molecular weight excluding hydrogens is 735 g/mol. The monoisotopic (exact) mass is 813 g/mol. The van der Waals surface area contributed by atoms with E-state index in [2.05, 4.69) is 60.9 Å². The first-order valence-electron chi connectivity index (χ1n) is 21.7. The normalized spacial score (nSPS) is 17.9. The van der Waals surface area contributed by atoms with Crippen LogP contribution in [0.25, 0.3) is 0 Å². The Morgan fingerprint density at radius 3 is 1.84 bits per heavy atom. The Hall–Kier alpha value is -2.11. The van der Waals surface area contributed by atoms with E-state index in [-0.39, 0.29) is 19.4 Å². The number of ether oxygens (including phenoxy) is 3. The Balaban J connectivity index is 2.29. The van der Waals surface area contributed by atoms with Gasteiger partial charge in [-0.05, 0) is 70.6 Å². The van der Waals surface area contributed by atoms with Crippen molar-refractivity contribution in [2.75, 3.05) is 26.4 Å². The van der Waals surface area contributed by atoms with Crippen LogP contribution < -0.4 is 0 Å². The van der Waals surface area contributed by atoms with Gasteiger partial charge < -0.3 is 29.3 Å². The van der Waals surface area contributed by atoms with Crippen molar-refractivity contribution in [3.05, 3.63) is 48.6 Å². The molecule has 1 aliphatic rings. The number of hydrogen-bond donors (Lipinski definition) is 3. The van der Waals surface area contributed by atoms with Crippen molar-refractivity contribution in [3.8, 4) is 0 Å². The van der Waals surface area contributed by atoms with Gasteiger partial charge in [0.2, 0.25) is 0 Å². The topological polar surface area (TPSA) is 161 Å². The molecular formula is C44H77O11P. The minimum absolute atomic E-state index is 0.105. The van der Waals surface area contributed by atoms with Crippen LogP contribution in [0.15, 0.2) is 48.6 Å². The number of phosphoric ester groups is 1. The fourth-order valence-corrected chi connectivity index (χ4v) is 6.69. The Morgan fingerprint density at radius 2 is 1.18 bits per heavy atom. The predicted molar refractivity (Wildman–Crippen MR) is 223 cm³/mol. The summed E-state index contributed by atoms with van der Waals surface area (Å²) in [6, 6.07) is 0. The number of phosphoric acid groups is 1. The smallest absolute Gasteiger partial charge is 0.462 e. The number of hydrogen-bond acceptors (Lipinski definition) is 10. The van der Waals surface area contributed by atoms with Crippen molar-refractivity contribution >= 4 is 19.8 Å². The SMILES string of the molecule is CCCCCCCC/C=C\C/C=C\C/C=C\CCCC(=O)O[C@H](COC(=O)CCCCCCC/C=C\CC1OC1CCCCC)COP(=O)(O)OC[C@@H](O)CO. The zero-order valence-electron chi connectivity index (χ0n) is 34.8. The molecule has 0 spiro atoms. The van der Waals surface area contributed by atoms with E-state index >= 15 is 0 Å². The third kappa shape index (κ3) is 32.9. The zero-order valence-corrected chi connectivity index (χ0v) is 35.7. The fourth-order valence-electron chi connectivity index (χ4n) is 5.90. The quantitative estimate of drug-likeness (QED) is 0.0178. The van der Waals surface area contributed by atoms with E-state index in [4.69, 9.17) is 23.8 Å². The lowest BCUT2D eigenvalue weighted by Gasteiger charge is -2.20. The Morgan fingerprint density at radius 1 is 0.643 bits per heavy atom. The third-order valence-electron chi connectivity index (χ3n) is 9.38. The van der Waals surface area contributed by atoms with Gasteiger partial charge in [0, 0.05) is 12.8 Å². The van der Waals surface area contributed by atoms with Gasteiger partial charge >= 0.3 is 19.8 Å². The molecule has 0 aromatic carbocycles. The summed E-state index contributed by atoms with van der Waals surface area (Å²) >= 11 is 0. The zero-order chi connectivity index (χ0) is 41.0. The van der Waals surface area contributed by atoms with Crippen LogP contribution in [0.2, 0.25) is 0 Å². The van der Waals surface area contributed by atoms with Crippen LogP contribution in [0, 0.1) is 0 Å². The number of carbonyl (C=O) groups excluding carboxylic acids is 2. The molecule has 3 N–H and O–H groups in total. The summed E-state index contributed by atoms with van der Waals surface area (Å²) in [6.45, 7) is 2.25. The highest BCUT2D eigenvalue weighted by molar-refractivity contribution is 7.47. The maximum Gasteiger partial charge on any atom is 0.472 e. The van der Waals surface area contributed by atoms with E-state index < -0.39 is 51.8 Å². The molecule has 0 aliphatic carbocycles. The summed E-state index contributed by atoms with van der Waals surface area (Å²) in [7, 11) is -4.64. The van der Waals surface area contributed by atoms with E-state index in [1.807, 2.05) is 6.08 Å². The summed E-state index contributed by atoms with van der Waals surface area (Å²) in [5.41, 5.74) is 0. The molecule has 0 aromatic rings. The number of allylic oxidation sites excluding steroid dienone is 7. The molecule has 1 aliphatic heterocycles. The lowest BCUT2D eigenvalue weighted by Crippen LogP contribution is -2.29. The highest BCUT2D eigenvalue weighted by Gasteiger charge is 2.36. The number of carbonyl (C=O) groups is 2. The first-order valence-corrected chi connectivity index (χ1v) is 23.2. The van der Waals surface area contributed by atoms with Crippen molar-refractivity contribution in [2.24, 2.45) is 0 Å². The molecule has 324 valence electrons. The molecule has 12 heteroatoms. The summed E-state index contributed by atoms with van der Waals surface area (Å²) in [6.07, 6.45) is 39.7. The van der Waals surface area contributed by atoms with E-state index in [9.17, 15) is 24.2 Å². The predicted octanol–water partition coefficient (Wildman–Crippen LogP) is 10.3. The van der Waals surface area contributed by atoms with Crippen LogP contribution in [0.1, 0.15) is 168 Å². The highest BCUT2D eigenvalue weighted by atomic mass is 31.2. The summed E-state index contributed by atoms with van der Waals surface area (Å²) in [5, 5.41) is 18.3. The molecule has 1 saturated heterocycles. The first kappa shape index (κ1) is 51.9. The molecule has 0 bridgehead atoms. The van der Waals surface area contributed by atoms with E-state index in [1.54, 1.807) is 0 Å². The number of aliphatic hydroxyl groups is 2. The second kappa shape index (κ2) is 36.0. The second-order valence-electron chi connectivity index (χ2n) is 14.7. The molecule has 0 amide bonds. The molecule has 0 radical (unpaired) electrons. The molecule has 1 heterocycles. The number of epoxide rings is 1. The van der Waals surface area contributed by atoms with Crippen LogP contribution in [0.3, 0.4) is 0 Å². The van der Waals surface area contributed by atoms with Gasteiger partial charge in [0.1, 0.15) is 12.7 Å². The molecule has 11 nitrogen and oxygen atoms in total. The second-order valence-corrected chi connectivity index (χ2v) is 16.2. The van der Waals surface area contributed by atoms with Crippen LogP contribution in [-0.4, -0.2) is 77.9 Å². The van der Waals surface area contributed by atoms with Gasteiger partial charge in [-0.1, -0.05) is 133 Å². The van der Waals surface area contributed by atoms with Gasteiger partial charge in [-0.25, -0.2) is 4.57 Å². The third-order valence-corrected chi connectivity index (χ3v) is 10.3. The van der Waals surface area contributed by atoms with Crippen LogP contribution in [0.5, 0.6) is 0 Å². The molecule has 1 rings (SSSR count). The number of esters is 2. The standard InChI is InChI=1S/C44H77O11P/c1-3-5-7-8-9-10-11-12-13-14-15-16-17-18-23-26-30-34-44(48)54-40(38-53-56(49,50)52-36-39(46)35-45)37-51-43(47)33-29-25-22-20-19-21-24-28-32-42-41(55-42)31-27-6-4-2/h12-13,15-16,18,23-24,28,39-42,45-46H,3-11,14,17,19-22,25-27,29-38H2,1-2H3,(H,49,50)/b13-12-,16-15-,23-18-,28-24-/t39-,40+,41?,42?/m0/s1. The Labute approximate surface area is 338 Å². The van der Waals surface area contributed by atoms with E-state index in [1.165, 1.54) is 64.2 Å². The van der Waals surface area contributed by atoms with Crippen LogP contribution in [0.4, 0.5) is 0 Å². The van der Waals surface area contributed by atoms with Crippen LogP contribution >= 0.6 is 7.82 Å². The number of unbranched alkanes of at least 4 members (excludes halogenated alkanes) is 14. The largest absolute Gasteiger partial charge is 0.472 e. The van der Waals surface area contributed by atoms with Crippen LogP contribution in [-0.2, 0) is 37.4 Å². The van der Waals surface area contributed by atoms with E-state index in [0.29, 0.717) is 31.5 Å². The van der Waals surface area contributed by atoms with Crippen molar-refractivity contribution < 1.29 is 52.5 Å². The van der Waals surface area contributed by atoms with Crippen molar-refractivity contribution in [3.63, 3.8) is 0 Å². The number of aliphatic hydroxyl groups excluding tert-OH is 2. The van der Waals surface area contributed by atoms with Crippen molar-refractivity contribution in [1.29, 1.82) is 0 Å². The van der Waals surface area contributed by atoms with E-state index in [0.717, 1.165) is 57.8 Å². The van der Waals surface area contributed by atoms with Gasteiger partial charge in [0.05, 0.1) is 32.0 Å². The maximum absolute atomic E-state index is 12.6. The molecule has 0 aromatic heterocycles. The first-order chi connectivity index (χ1) is 27.2. The average Bonchev–Trinajstić information content (AvgIpc) is 3.94. The number of rotatable bonds is 39. The van der Waals surface area contributed by atoms with Gasteiger partial charge in [0.15, 0.2) is 6.10 Å². The lowest BCUT2D eigenvalue weighted by molar-refractivity contribution is -0.161. The van der Waals surface area contributed by atoms with Crippen molar-refractivity contribution in [1.82, 2.24) is 0 Å². The summed E-state index contributed by atoms with van der Waals surface area (Å²) in [5.74, 6) is -1.01. The van der Waals surface area contributed by atoms with Gasteiger partial charge in [-0.3, -0.25) is 18.6 Å². The molecule has 1 fully saturated rings. The lowest BCUT2D eigenvalue weighted by atomic mass is 10.1. The minimum Gasteiger partial charge on any atom is -0.462 e. The average molecular weight is 813 g/mol. The molecule has 56 heavy (non-hydrogen) atoms. The highest BCUT2D eigenvalue weighted by Crippen LogP contribution is 2.43. The van der Waals surface area contributed by atoms with Gasteiger partial charge in [0.25, 0.3) is 0 Å². The minimum atomic E-state index is -4.64.